The Morgan fingerprint density at radius 3 is 2.69 bits per heavy atom. The highest BCUT2D eigenvalue weighted by molar-refractivity contribution is 6.33. The van der Waals surface area contributed by atoms with Gasteiger partial charge in [0.25, 0.3) is 5.91 Å². The third kappa shape index (κ3) is 4.26. The maximum Gasteiger partial charge on any atom is 0.251 e. The molecule has 5 heteroatoms. The number of rotatable bonds is 3. The van der Waals surface area contributed by atoms with E-state index in [0.29, 0.717) is 22.7 Å². The molecule has 2 aromatic rings. The van der Waals surface area contributed by atoms with Gasteiger partial charge in [0.1, 0.15) is 0 Å². The number of anilines is 1. The molecular formula is C24H26ClN3O. The van der Waals surface area contributed by atoms with E-state index in [0.717, 1.165) is 49.0 Å². The van der Waals surface area contributed by atoms with Crippen LogP contribution < -0.4 is 10.2 Å². The van der Waals surface area contributed by atoms with Gasteiger partial charge >= 0.3 is 0 Å². The van der Waals surface area contributed by atoms with E-state index in [1.807, 2.05) is 49.4 Å². The van der Waals surface area contributed by atoms with Gasteiger partial charge in [0.05, 0.1) is 6.57 Å². The number of nitrogens with zero attached hydrogens (tertiary/aromatic N) is 2. The van der Waals surface area contributed by atoms with Crippen LogP contribution in [-0.2, 0) is 0 Å². The molecular weight excluding hydrogens is 382 g/mol. The Kier molecular flexibility index (Phi) is 5.78. The lowest BCUT2D eigenvalue weighted by Gasteiger charge is -2.47. The Hall–Kier alpha value is -2.51. The first-order valence-corrected chi connectivity index (χ1v) is 10.7. The van der Waals surface area contributed by atoms with Crippen LogP contribution in [0.15, 0.2) is 42.5 Å². The third-order valence-corrected chi connectivity index (χ3v) is 6.65. The van der Waals surface area contributed by atoms with Crippen molar-refractivity contribution in [3.05, 3.63) is 70.0 Å². The highest BCUT2D eigenvalue weighted by atomic mass is 35.5. The monoisotopic (exact) mass is 407 g/mol. The molecule has 1 saturated heterocycles. The van der Waals surface area contributed by atoms with Crippen LogP contribution in [0.4, 0.5) is 11.4 Å². The molecule has 3 atom stereocenters. The molecule has 0 radical (unpaired) electrons. The van der Waals surface area contributed by atoms with E-state index in [2.05, 4.69) is 15.1 Å². The molecule has 4 nitrogen and oxygen atoms in total. The minimum atomic E-state index is 0.0302. The number of aryl methyl sites for hydroxylation is 1. The number of fused-ring (bicyclic) bond motifs is 1. The lowest BCUT2D eigenvalue weighted by Crippen LogP contribution is -2.52. The molecule has 0 aromatic heterocycles. The summed E-state index contributed by atoms with van der Waals surface area (Å²) in [5.41, 5.74) is 3.51. The fourth-order valence-electron chi connectivity index (χ4n) is 4.85. The van der Waals surface area contributed by atoms with Crippen LogP contribution in [0.2, 0.25) is 5.02 Å². The van der Waals surface area contributed by atoms with Crippen molar-refractivity contribution in [3.63, 3.8) is 0 Å². The summed E-state index contributed by atoms with van der Waals surface area (Å²) < 4.78 is 0. The number of halogens is 1. The maximum absolute atomic E-state index is 12.6. The number of carbonyl (C=O) groups is 1. The van der Waals surface area contributed by atoms with Crippen LogP contribution in [0.3, 0.4) is 0 Å². The summed E-state index contributed by atoms with van der Waals surface area (Å²) in [6, 6.07) is 14.2. The quantitative estimate of drug-likeness (QED) is 0.656. The first-order valence-electron chi connectivity index (χ1n) is 10.4. The smallest absolute Gasteiger partial charge is 0.251 e. The minimum absolute atomic E-state index is 0.0302. The van der Waals surface area contributed by atoms with Gasteiger partial charge in [0.2, 0.25) is 5.69 Å². The van der Waals surface area contributed by atoms with Crippen molar-refractivity contribution in [2.75, 3.05) is 11.4 Å². The second kappa shape index (κ2) is 8.47. The molecule has 2 aliphatic rings. The van der Waals surface area contributed by atoms with Crippen molar-refractivity contribution in [1.82, 2.24) is 5.32 Å². The molecule has 2 fully saturated rings. The van der Waals surface area contributed by atoms with Crippen molar-refractivity contribution in [3.8, 4) is 0 Å². The molecule has 0 unspecified atom stereocenters. The number of amides is 1. The second-order valence-electron chi connectivity index (χ2n) is 8.26. The summed E-state index contributed by atoms with van der Waals surface area (Å²) in [5, 5.41) is 3.78. The van der Waals surface area contributed by atoms with Gasteiger partial charge in [-0.2, -0.15) is 0 Å². The number of hydrogen-bond donors (Lipinski definition) is 1. The Morgan fingerprint density at radius 2 is 1.97 bits per heavy atom. The van der Waals surface area contributed by atoms with Gasteiger partial charge in [-0.15, -0.1) is 0 Å². The predicted molar refractivity (Wildman–Crippen MR) is 118 cm³/mol. The first kappa shape index (κ1) is 19.8. The average Bonchev–Trinajstić information content (AvgIpc) is 2.73. The van der Waals surface area contributed by atoms with Gasteiger partial charge in [-0.1, -0.05) is 35.4 Å². The standard InChI is InChI=1S/C24H26ClN3O/c1-16-5-7-17(8-6-16)24(29)27-19-9-12-23-18(14-19)4-3-13-28(23)20-10-11-22(26-2)21(25)15-20/h5-8,10-11,15,18-19,23H,3-4,9,12-14H2,1H3,(H,27,29)/t18-,19+,23+/m0/s1. The van der Waals surface area contributed by atoms with E-state index >= 15 is 0 Å². The molecule has 29 heavy (non-hydrogen) atoms. The Balaban J connectivity index is 1.42. The van der Waals surface area contributed by atoms with Crippen LogP contribution >= 0.6 is 11.6 Å². The molecule has 2 aromatic carbocycles. The molecule has 1 saturated carbocycles. The molecule has 1 amide bonds. The number of carbonyl (C=O) groups excluding carboxylic acids is 1. The lowest BCUT2D eigenvalue weighted by molar-refractivity contribution is 0.0908. The molecule has 1 aliphatic heterocycles. The highest BCUT2D eigenvalue weighted by Gasteiger charge is 2.37. The van der Waals surface area contributed by atoms with Crippen LogP contribution in [0.5, 0.6) is 0 Å². The van der Waals surface area contributed by atoms with Gasteiger partial charge in [-0.05, 0) is 69.2 Å². The summed E-state index contributed by atoms with van der Waals surface area (Å²) >= 11 is 6.28. The van der Waals surface area contributed by atoms with Crippen molar-refractivity contribution in [1.29, 1.82) is 0 Å². The summed E-state index contributed by atoms with van der Waals surface area (Å²) in [6.45, 7) is 10.2. The second-order valence-corrected chi connectivity index (χ2v) is 8.67. The summed E-state index contributed by atoms with van der Waals surface area (Å²) in [4.78, 5) is 18.5. The van der Waals surface area contributed by atoms with Crippen LogP contribution in [0.1, 0.15) is 48.0 Å². The summed E-state index contributed by atoms with van der Waals surface area (Å²) in [5.74, 6) is 0.600. The Morgan fingerprint density at radius 1 is 1.17 bits per heavy atom. The molecule has 1 aliphatic carbocycles. The minimum Gasteiger partial charge on any atom is -0.368 e. The summed E-state index contributed by atoms with van der Waals surface area (Å²) in [6.07, 6.45) is 5.41. The van der Waals surface area contributed by atoms with Gasteiger partial charge in [0, 0.05) is 34.9 Å². The largest absolute Gasteiger partial charge is 0.368 e. The number of hydrogen-bond acceptors (Lipinski definition) is 2. The SMILES string of the molecule is [C-]#[N+]c1ccc(N2CCC[C@H]3C[C@H](NC(=O)c4ccc(C)cc4)CC[C@H]32)cc1Cl. The van der Waals surface area contributed by atoms with Crippen molar-refractivity contribution in [2.24, 2.45) is 5.92 Å². The van der Waals surface area contributed by atoms with E-state index in [1.165, 1.54) is 6.42 Å². The molecule has 1 N–H and O–H groups in total. The highest BCUT2D eigenvalue weighted by Crippen LogP contribution is 2.39. The number of benzene rings is 2. The number of nitrogens with one attached hydrogen (secondary N) is 1. The average molecular weight is 408 g/mol. The molecule has 4 rings (SSSR count). The lowest BCUT2D eigenvalue weighted by atomic mass is 9.76. The summed E-state index contributed by atoms with van der Waals surface area (Å²) in [7, 11) is 0. The first-order chi connectivity index (χ1) is 14.0. The van der Waals surface area contributed by atoms with Gasteiger partial charge in [0.15, 0.2) is 0 Å². The topological polar surface area (TPSA) is 36.7 Å². The zero-order valence-electron chi connectivity index (χ0n) is 16.7. The van der Waals surface area contributed by atoms with Gasteiger partial charge < -0.3 is 10.2 Å². The maximum atomic E-state index is 12.6. The van der Waals surface area contributed by atoms with E-state index < -0.39 is 0 Å². The normalized spacial score (nSPS) is 23.8. The molecule has 1 heterocycles. The van der Waals surface area contributed by atoms with Crippen LogP contribution in [-0.4, -0.2) is 24.5 Å². The Labute approximate surface area is 177 Å². The zero-order valence-corrected chi connectivity index (χ0v) is 17.5. The molecule has 0 spiro atoms. The van der Waals surface area contributed by atoms with Gasteiger partial charge in [-0.25, -0.2) is 4.85 Å². The number of piperidine rings is 1. The van der Waals surface area contributed by atoms with Crippen LogP contribution in [0.25, 0.3) is 4.85 Å². The molecule has 150 valence electrons. The fourth-order valence-corrected chi connectivity index (χ4v) is 5.07. The van der Waals surface area contributed by atoms with Crippen molar-refractivity contribution in [2.45, 2.75) is 51.1 Å². The third-order valence-electron chi connectivity index (χ3n) is 6.35. The van der Waals surface area contributed by atoms with Crippen molar-refractivity contribution >= 4 is 28.9 Å². The van der Waals surface area contributed by atoms with Gasteiger partial charge in [-0.3, -0.25) is 4.79 Å². The Bertz CT molecular complexity index is 934. The van der Waals surface area contributed by atoms with Crippen molar-refractivity contribution < 1.29 is 4.79 Å². The van der Waals surface area contributed by atoms with E-state index in [9.17, 15) is 4.79 Å². The van der Waals surface area contributed by atoms with E-state index in [4.69, 9.17) is 18.2 Å². The predicted octanol–water partition coefficient (Wildman–Crippen LogP) is 5.77. The van der Waals surface area contributed by atoms with Crippen LogP contribution in [0, 0.1) is 19.4 Å². The van der Waals surface area contributed by atoms with E-state index in [-0.39, 0.29) is 11.9 Å². The fraction of sp³-hybridized carbons (Fsp3) is 0.417. The molecule has 0 bridgehead atoms. The zero-order chi connectivity index (χ0) is 20.4. The van der Waals surface area contributed by atoms with E-state index in [1.54, 1.807) is 0 Å².